The van der Waals surface area contributed by atoms with Crippen molar-refractivity contribution in [2.45, 2.75) is 11.4 Å². The SMILES string of the molecule is Cn1nc(CNS(=O)(=O)c2ccc([N+](=O)[O-])cc2)cc1-c1ccncc1. The normalized spacial score (nSPS) is 11.4. The number of aryl methyl sites for hydroxylation is 1. The van der Waals surface area contributed by atoms with Gasteiger partial charge in [0, 0.05) is 37.1 Å². The van der Waals surface area contributed by atoms with Crippen molar-refractivity contribution in [2.75, 3.05) is 0 Å². The van der Waals surface area contributed by atoms with E-state index in [1.807, 2.05) is 12.1 Å². The van der Waals surface area contributed by atoms with Crippen LogP contribution in [0.3, 0.4) is 0 Å². The second-order valence-electron chi connectivity index (χ2n) is 5.46. The number of nitro groups is 1. The summed E-state index contributed by atoms with van der Waals surface area (Å²) < 4.78 is 28.8. The van der Waals surface area contributed by atoms with Gasteiger partial charge in [0.2, 0.25) is 10.0 Å². The fourth-order valence-corrected chi connectivity index (χ4v) is 3.40. The zero-order chi connectivity index (χ0) is 18.7. The molecule has 1 aromatic carbocycles. The maximum Gasteiger partial charge on any atom is 0.269 e. The molecule has 0 saturated carbocycles. The number of nitro benzene ring substituents is 1. The van der Waals surface area contributed by atoms with Gasteiger partial charge in [-0.2, -0.15) is 5.10 Å². The van der Waals surface area contributed by atoms with Gasteiger partial charge < -0.3 is 0 Å². The molecule has 0 spiro atoms. The molecule has 0 radical (unpaired) electrons. The third kappa shape index (κ3) is 3.76. The second kappa shape index (κ2) is 7.02. The number of hydrogen-bond donors (Lipinski definition) is 1. The molecule has 9 nitrogen and oxygen atoms in total. The molecule has 2 heterocycles. The van der Waals surface area contributed by atoms with Crippen molar-refractivity contribution in [1.29, 1.82) is 0 Å². The highest BCUT2D eigenvalue weighted by Gasteiger charge is 2.17. The summed E-state index contributed by atoms with van der Waals surface area (Å²) in [6.07, 6.45) is 3.33. The van der Waals surface area contributed by atoms with Gasteiger partial charge in [0.1, 0.15) is 0 Å². The molecule has 0 aliphatic carbocycles. The predicted molar refractivity (Wildman–Crippen MR) is 93.6 cm³/mol. The highest BCUT2D eigenvalue weighted by atomic mass is 32.2. The van der Waals surface area contributed by atoms with Gasteiger partial charge in [-0.1, -0.05) is 0 Å². The van der Waals surface area contributed by atoms with Crippen LogP contribution in [-0.2, 0) is 23.6 Å². The average molecular weight is 373 g/mol. The fourth-order valence-electron chi connectivity index (χ4n) is 2.41. The molecular weight excluding hydrogens is 358 g/mol. The summed E-state index contributed by atoms with van der Waals surface area (Å²) in [5, 5.41) is 15.0. The number of hydrogen-bond acceptors (Lipinski definition) is 6. The molecule has 3 rings (SSSR count). The smallest absolute Gasteiger partial charge is 0.268 e. The summed E-state index contributed by atoms with van der Waals surface area (Å²) in [4.78, 5) is 14.0. The first-order chi connectivity index (χ1) is 12.4. The van der Waals surface area contributed by atoms with Crippen molar-refractivity contribution < 1.29 is 13.3 Å². The van der Waals surface area contributed by atoms with Gasteiger partial charge in [-0.25, -0.2) is 13.1 Å². The Balaban J connectivity index is 1.75. The minimum atomic E-state index is -3.80. The number of rotatable bonds is 6. The summed E-state index contributed by atoms with van der Waals surface area (Å²) in [5.41, 5.74) is 2.12. The Labute approximate surface area is 149 Å². The first-order valence-electron chi connectivity index (χ1n) is 7.54. The minimum Gasteiger partial charge on any atom is -0.268 e. The molecule has 134 valence electrons. The molecule has 0 unspecified atom stereocenters. The lowest BCUT2D eigenvalue weighted by molar-refractivity contribution is -0.384. The van der Waals surface area contributed by atoms with E-state index in [9.17, 15) is 18.5 Å². The Morgan fingerprint density at radius 3 is 2.42 bits per heavy atom. The lowest BCUT2D eigenvalue weighted by atomic mass is 10.2. The molecule has 0 fully saturated rings. The number of nitrogens with zero attached hydrogens (tertiary/aromatic N) is 4. The van der Waals surface area contributed by atoms with Crippen molar-refractivity contribution in [3.8, 4) is 11.3 Å². The minimum absolute atomic E-state index is 0.00174. The predicted octanol–water partition coefficient (Wildman–Crippen LogP) is 1.87. The zero-order valence-corrected chi connectivity index (χ0v) is 14.5. The van der Waals surface area contributed by atoms with E-state index in [1.54, 1.807) is 30.2 Å². The van der Waals surface area contributed by atoms with E-state index in [0.29, 0.717) is 5.69 Å². The van der Waals surface area contributed by atoms with Crippen molar-refractivity contribution in [1.82, 2.24) is 19.5 Å². The number of aromatic nitrogens is 3. The maximum atomic E-state index is 12.3. The van der Waals surface area contributed by atoms with Crippen LogP contribution in [0.1, 0.15) is 5.69 Å². The fraction of sp³-hybridized carbons (Fsp3) is 0.125. The average Bonchev–Trinajstić information content (AvgIpc) is 3.02. The van der Waals surface area contributed by atoms with Crippen LogP contribution in [0.5, 0.6) is 0 Å². The Kier molecular flexibility index (Phi) is 4.78. The van der Waals surface area contributed by atoms with Gasteiger partial charge in [0.05, 0.1) is 27.8 Å². The van der Waals surface area contributed by atoms with Crippen LogP contribution < -0.4 is 4.72 Å². The van der Waals surface area contributed by atoms with Crippen molar-refractivity contribution in [2.24, 2.45) is 7.05 Å². The first kappa shape index (κ1) is 17.7. The lowest BCUT2D eigenvalue weighted by Gasteiger charge is -2.04. The molecule has 10 heteroatoms. The molecule has 0 aliphatic rings. The Hall–Kier alpha value is -3.11. The first-order valence-corrected chi connectivity index (χ1v) is 9.02. The van der Waals surface area contributed by atoms with Crippen LogP contribution in [-0.4, -0.2) is 28.1 Å². The summed E-state index contributed by atoms with van der Waals surface area (Å²) in [5.74, 6) is 0. The third-order valence-electron chi connectivity index (χ3n) is 3.71. The van der Waals surface area contributed by atoms with Crippen LogP contribution in [0.15, 0.2) is 59.8 Å². The highest BCUT2D eigenvalue weighted by Crippen LogP contribution is 2.19. The molecule has 26 heavy (non-hydrogen) atoms. The Morgan fingerprint density at radius 2 is 1.81 bits per heavy atom. The summed E-state index contributed by atoms with van der Waals surface area (Å²) in [6.45, 7) is -0.00174. The number of sulfonamides is 1. The van der Waals surface area contributed by atoms with Crippen LogP contribution in [0.2, 0.25) is 0 Å². The molecule has 0 aliphatic heterocycles. The van der Waals surface area contributed by atoms with E-state index in [1.165, 1.54) is 12.1 Å². The van der Waals surface area contributed by atoms with E-state index in [2.05, 4.69) is 14.8 Å². The number of non-ortho nitro benzene ring substituents is 1. The Morgan fingerprint density at radius 1 is 1.15 bits per heavy atom. The quantitative estimate of drug-likeness (QED) is 0.520. The van der Waals surface area contributed by atoms with Gasteiger partial charge in [-0.3, -0.25) is 19.8 Å². The summed E-state index contributed by atoms with van der Waals surface area (Å²) in [6, 6.07) is 10.1. The van der Waals surface area contributed by atoms with E-state index >= 15 is 0 Å². The largest absolute Gasteiger partial charge is 0.269 e. The molecule has 0 bridgehead atoms. The number of benzene rings is 1. The van der Waals surface area contributed by atoms with Crippen molar-refractivity contribution in [3.63, 3.8) is 0 Å². The van der Waals surface area contributed by atoms with Gasteiger partial charge in [-0.15, -0.1) is 0 Å². The zero-order valence-electron chi connectivity index (χ0n) is 13.7. The van der Waals surface area contributed by atoms with Crippen LogP contribution >= 0.6 is 0 Å². The van der Waals surface area contributed by atoms with E-state index in [0.717, 1.165) is 23.4 Å². The molecule has 1 N–H and O–H groups in total. The molecule has 0 saturated heterocycles. The summed E-state index contributed by atoms with van der Waals surface area (Å²) in [7, 11) is -2.03. The van der Waals surface area contributed by atoms with Crippen LogP contribution in [0, 0.1) is 10.1 Å². The van der Waals surface area contributed by atoms with E-state index < -0.39 is 14.9 Å². The number of pyridine rings is 1. The molecule has 3 aromatic rings. The topological polar surface area (TPSA) is 120 Å². The molecule has 0 atom stereocenters. The monoisotopic (exact) mass is 373 g/mol. The van der Waals surface area contributed by atoms with Gasteiger partial charge >= 0.3 is 0 Å². The lowest BCUT2D eigenvalue weighted by Crippen LogP contribution is -2.23. The number of nitrogens with one attached hydrogen (secondary N) is 1. The van der Waals surface area contributed by atoms with Crippen LogP contribution in [0.4, 0.5) is 5.69 Å². The van der Waals surface area contributed by atoms with Crippen molar-refractivity contribution >= 4 is 15.7 Å². The van der Waals surface area contributed by atoms with Gasteiger partial charge in [-0.05, 0) is 30.3 Å². The highest BCUT2D eigenvalue weighted by molar-refractivity contribution is 7.89. The van der Waals surface area contributed by atoms with Gasteiger partial charge in [0.15, 0.2) is 0 Å². The molecule has 0 amide bonds. The van der Waals surface area contributed by atoms with Gasteiger partial charge in [0.25, 0.3) is 5.69 Å². The van der Waals surface area contributed by atoms with Crippen molar-refractivity contribution in [3.05, 3.63) is 70.7 Å². The molecule has 2 aromatic heterocycles. The third-order valence-corrected chi connectivity index (χ3v) is 5.12. The standard InChI is InChI=1S/C16H15N5O4S/c1-20-16(12-6-8-17-9-7-12)10-13(19-20)11-18-26(24,25)15-4-2-14(3-5-15)21(22)23/h2-10,18H,11H2,1H3. The van der Waals surface area contributed by atoms with E-state index in [-0.39, 0.29) is 17.1 Å². The summed E-state index contributed by atoms with van der Waals surface area (Å²) >= 11 is 0. The molecular formula is C16H15N5O4S. The Bertz CT molecular complexity index is 1030. The van der Waals surface area contributed by atoms with E-state index in [4.69, 9.17) is 0 Å². The second-order valence-corrected chi connectivity index (χ2v) is 7.22. The van der Waals surface area contributed by atoms with Crippen LogP contribution in [0.25, 0.3) is 11.3 Å². The maximum absolute atomic E-state index is 12.3.